The number of hydrogen-bond donors (Lipinski definition) is 0. The summed E-state index contributed by atoms with van der Waals surface area (Å²) in [6.45, 7) is 7.69. The molecule has 1 saturated heterocycles. The highest BCUT2D eigenvalue weighted by Crippen LogP contribution is 2.21. The van der Waals surface area contributed by atoms with E-state index in [1.807, 2.05) is 19.1 Å². The van der Waals surface area contributed by atoms with Crippen LogP contribution in [0.2, 0.25) is 0 Å². The number of aromatic nitrogens is 1. The fourth-order valence-corrected chi connectivity index (χ4v) is 3.60. The quantitative estimate of drug-likeness (QED) is 0.801. The molecule has 7 heteroatoms. The zero-order chi connectivity index (χ0) is 16.9. The maximum Gasteiger partial charge on any atom is 0.203 e. The van der Waals surface area contributed by atoms with E-state index in [9.17, 15) is 0 Å². The molecule has 0 aromatic carbocycles. The van der Waals surface area contributed by atoms with E-state index in [0.29, 0.717) is 5.76 Å². The average Bonchev–Trinajstić information content (AvgIpc) is 3.25. The van der Waals surface area contributed by atoms with Crippen molar-refractivity contribution in [2.75, 3.05) is 33.3 Å². The number of thiazole rings is 1. The van der Waals surface area contributed by atoms with E-state index < -0.39 is 0 Å². The van der Waals surface area contributed by atoms with Gasteiger partial charge in [-0.05, 0) is 19.1 Å². The van der Waals surface area contributed by atoms with E-state index in [4.69, 9.17) is 14.4 Å². The SMILES string of the molecule is CO[C@@H](C)c1nc(CN2CCN(Cc3ccc(C#N)o3)CC2)cs1. The Morgan fingerprint density at radius 1 is 1.29 bits per heavy atom. The number of rotatable bonds is 6. The molecule has 2 aromatic rings. The summed E-state index contributed by atoms with van der Waals surface area (Å²) in [7, 11) is 1.71. The van der Waals surface area contributed by atoms with Crippen molar-refractivity contribution in [1.82, 2.24) is 14.8 Å². The largest absolute Gasteiger partial charge is 0.449 e. The first kappa shape index (κ1) is 17.1. The van der Waals surface area contributed by atoms with Gasteiger partial charge >= 0.3 is 0 Å². The summed E-state index contributed by atoms with van der Waals surface area (Å²) >= 11 is 1.67. The molecular weight excluding hydrogens is 324 g/mol. The fraction of sp³-hybridized carbons (Fsp3) is 0.529. The molecule has 1 atom stereocenters. The van der Waals surface area contributed by atoms with E-state index in [0.717, 1.165) is 55.7 Å². The van der Waals surface area contributed by atoms with Gasteiger partial charge in [-0.15, -0.1) is 11.3 Å². The minimum absolute atomic E-state index is 0.0622. The molecule has 2 aromatic heterocycles. The van der Waals surface area contributed by atoms with Crippen LogP contribution in [-0.4, -0.2) is 48.1 Å². The molecule has 0 amide bonds. The normalized spacial score (nSPS) is 17.7. The molecule has 0 N–H and O–H groups in total. The minimum Gasteiger partial charge on any atom is -0.449 e. The lowest BCUT2D eigenvalue weighted by atomic mass is 10.3. The molecule has 128 valence electrons. The third-order valence-corrected chi connectivity index (χ3v) is 5.33. The molecule has 24 heavy (non-hydrogen) atoms. The van der Waals surface area contributed by atoms with Crippen LogP contribution in [0.4, 0.5) is 0 Å². The highest BCUT2D eigenvalue weighted by molar-refractivity contribution is 7.09. The van der Waals surface area contributed by atoms with Gasteiger partial charge in [-0.1, -0.05) is 0 Å². The highest BCUT2D eigenvalue weighted by atomic mass is 32.1. The fourth-order valence-electron chi connectivity index (χ4n) is 2.76. The molecule has 0 aliphatic carbocycles. The van der Waals surface area contributed by atoms with Gasteiger partial charge in [0.05, 0.1) is 12.2 Å². The van der Waals surface area contributed by atoms with Crippen molar-refractivity contribution in [2.45, 2.75) is 26.1 Å². The van der Waals surface area contributed by atoms with Crippen LogP contribution < -0.4 is 0 Å². The van der Waals surface area contributed by atoms with Crippen LogP contribution in [0.25, 0.3) is 0 Å². The van der Waals surface area contributed by atoms with E-state index in [1.54, 1.807) is 24.5 Å². The summed E-state index contributed by atoms with van der Waals surface area (Å²) in [4.78, 5) is 9.45. The molecule has 0 bridgehead atoms. The minimum atomic E-state index is 0.0622. The maximum absolute atomic E-state index is 8.81. The molecule has 0 spiro atoms. The molecule has 1 aliphatic rings. The second-order valence-corrected chi connectivity index (χ2v) is 6.87. The molecule has 0 saturated carbocycles. The van der Waals surface area contributed by atoms with Crippen LogP contribution in [0.15, 0.2) is 21.9 Å². The average molecular weight is 346 g/mol. The van der Waals surface area contributed by atoms with Crippen LogP contribution in [0.3, 0.4) is 0 Å². The summed E-state index contributed by atoms with van der Waals surface area (Å²) in [5, 5.41) is 12.0. The van der Waals surface area contributed by atoms with Gasteiger partial charge in [0.1, 0.15) is 22.9 Å². The van der Waals surface area contributed by atoms with Crippen molar-refractivity contribution in [3.63, 3.8) is 0 Å². The Bertz CT molecular complexity index is 698. The third-order valence-electron chi connectivity index (χ3n) is 4.27. The van der Waals surface area contributed by atoms with Crippen LogP contribution >= 0.6 is 11.3 Å². The van der Waals surface area contributed by atoms with Gasteiger partial charge in [0, 0.05) is 45.2 Å². The summed E-state index contributed by atoms with van der Waals surface area (Å²) in [6, 6.07) is 5.64. The van der Waals surface area contributed by atoms with Crippen molar-refractivity contribution < 1.29 is 9.15 Å². The monoisotopic (exact) mass is 346 g/mol. The first-order valence-electron chi connectivity index (χ1n) is 8.08. The predicted molar refractivity (Wildman–Crippen MR) is 91.5 cm³/mol. The van der Waals surface area contributed by atoms with Gasteiger partial charge in [0.15, 0.2) is 0 Å². The molecule has 1 fully saturated rings. The van der Waals surface area contributed by atoms with Crippen molar-refractivity contribution in [1.29, 1.82) is 5.26 Å². The Labute approximate surface area is 146 Å². The second-order valence-electron chi connectivity index (χ2n) is 5.99. The molecule has 3 rings (SSSR count). The number of ether oxygens (including phenoxy) is 1. The molecule has 1 aliphatic heterocycles. The number of furan rings is 1. The Morgan fingerprint density at radius 2 is 2.00 bits per heavy atom. The van der Waals surface area contributed by atoms with Gasteiger partial charge in [-0.25, -0.2) is 4.98 Å². The molecule has 3 heterocycles. The van der Waals surface area contributed by atoms with Gasteiger partial charge in [-0.3, -0.25) is 9.80 Å². The Balaban J connectivity index is 1.46. The van der Waals surface area contributed by atoms with E-state index in [1.165, 1.54) is 0 Å². The van der Waals surface area contributed by atoms with Crippen LogP contribution in [0.1, 0.15) is 35.2 Å². The third kappa shape index (κ3) is 4.22. The van der Waals surface area contributed by atoms with E-state index in [2.05, 4.69) is 20.2 Å². The standard InChI is InChI=1S/C17H22N4O2S/c1-13(22-2)17-19-14(12-24-17)10-20-5-7-21(8-6-20)11-16-4-3-15(9-18)23-16/h3-4,12-13H,5-8,10-11H2,1-2H3/t13-/m0/s1. The van der Waals surface area contributed by atoms with Gasteiger partial charge in [0.25, 0.3) is 0 Å². The molecule has 0 unspecified atom stereocenters. The predicted octanol–water partition coefficient (Wildman–Crippen LogP) is 2.63. The van der Waals surface area contributed by atoms with Gasteiger partial charge in [-0.2, -0.15) is 5.26 Å². The van der Waals surface area contributed by atoms with E-state index >= 15 is 0 Å². The topological polar surface area (TPSA) is 65.5 Å². The summed E-state index contributed by atoms with van der Waals surface area (Å²) in [5.74, 6) is 1.24. The summed E-state index contributed by atoms with van der Waals surface area (Å²) in [5.41, 5.74) is 1.12. The first-order chi connectivity index (χ1) is 11.7. The Kier molecular flexibility index (Phi) is 5.63. The second kappa shape index (κ2) is 7.90. The number of hydrogen-bond acceptors (Lipinski definition) is 7. The molecule has 0 radical (unpaired) electrons. The summed E-state index contributed by atoms with van der Waals surface area (Å²) in [6.07, 6.45) is 0.0622. The zero-order valence-electron chi connectivity index (χ0n) is 14.1. The lowest BCUT2D eigenvalue weighted by Crippen LogP contribution is -2.45. The Hall–Kier alpha value is -1.72. The van der Waals surface area contributed by atoms with Crippen LogP contribution in [-0.2, 0) is 17.8 Å². The molecular formula is C17H22N4O2S. The number of nitriles is 1. The maximum atomic E-state index is 8.81. The summed E-state index contributed by atoms with van der Waals surface area (Å²) < 4.78 is 10.8. The van der Waals surface area contributed by atoms with Crippen molar-refractivity contribution in [2.24, 2.45) is 0 Å². The van der Waals surface area contributed by atoms with Gasteiger partial charge < -0.3 is 9.15 Å². The first-order valence-corrected chi connectivity index (χ1v) is 8.96. The van der Waals surface area contributed by atoms with Crippen LogP contribution in [0, 0.1) is 11.3 Å². The lowest BCUT2D eigenvalue weighted by Gasteiger charge is -2.33. The lowest BCUT2D eigenvalue weighted by molar-refractivity contribution is 0.113. The Morgan fingerprint density at radius 3 is 2.62 bits per heavy atom. The van der Waals surface area contributed by atoms with Gasteiger partial charge in [0.2, 0.25) is 5.76 Å². The van der Waals surface area contributed by atoms with Crippen molar-refractivity contribution >= 4 is 11.3 Å². The van der Waals surface area contributed by atoms with Crippen molar-refractivity contribution in [3.05, 3.63) is 39.7 Å². The smallest absolute Gasteiger partial charge is 0.203 e. The van der Waals surface area contributed by atoms with E-state index in [-0.39, 0.29) is 6.10 Å². The highest BCUT2D eigenvalue weighted by Gasteiger charge is 2.19. The number of nitrogens with zero attached hydrogens (tertiary/aromatic N) is 4. The number of methoxy groups -OCH3 is 1. The van der Waals surface area contributed by atoms with Crippen molar-refractivity contribution in [3.8, 4) is 6.07 Å². The van der Waals surface area contributed by atoms with Crippen LogP contribution in [0.5, 0.6) is 0 Å². The zero-order valence-corrected chi connectivity index (χ0v) is 14.9. The molecule has 6 nitrogen and oxygen atoms in total. The number of piperazine rings is 1.